The van der Waals surface area contributed by atoms with Crippen molar-refractivity contribution in [2.45, 2.75) is 37.8 Å². The van der Waals surface area contributed by atoms with Crippen molar-refractivity contribution < 1.29 is 5.11 Å². The van der Waals surface area contributed by atoms with Gasteiger partial charge in [-0.05, 0) is 31.9 Å². The molecule has 0 radical (unpaired) electrons. The van der Waals surface area contributed by atoms with Gasteiger partial charge >= 0.3 is 0 Å². The highest BCUT2D eigenvalue weighted by Gasteiger charge is 2.31. The molecule has 4 nitrogen and oxygen atoms in total. The van der Waals surface area contributed by atoms with Crippen LogP contribution >= 0.6 is 11.6 Å². The number of halogens is 1. The van der Waals surface area contributed by atoms with Gasteiger partial charge in [0.05, 0.1) is 21.7 Å². The zero-order chi connectivity index (χ0) is 13.6. The van der Waals surface area contributed by atoms with Gasteiger partial charge in [-0.25, -0.2) is 4.98 Å². The Morgan fingerprint density at radius 3 is 2.89 bits per heavy atom. The van der Waals surface area contributed by atoms with Gasteiger partial charge in [-0.2, -0.15) is 0 Å². The van der Waals surface area contributed by atoms with Crippen LogP contribution < -0.4 is 5.73 Å². The van der Waals surface area contributed by atoms with Gasteiger partial charge in [-0.15, -0.1) is 0 Å². The molecule has 3 N–H and O–H groups in total. The zero-order valence-electron chi connectivity index (χ0n) is 10.9. The second-order valence-corrected chi connectivity index (χ2v) is 6.02. The van der Waals surface area contributed by atoms with Crippen molar-refractivity contribution in [2.75, 3.05) is 6.54 Å². The molecule has 1 fully saturated rings. The number of nitrogens with zero attached hydrogens (tertiary/aromatic N) is 2. The summed E-state index contributed by atoms with van der Waals surface area (Å²) < 4.78 is 2.18. The second-order valence-electron chi connectivity index (χ2n) is 5.61. The summed E-state index contributed by atoms with van der Waals surface area (Å²) in [4.78, 5) is 4.63. The number of nitrogens with two attached hydrogens (primary N) is 1. The maximum atomic E-state index is 10.2. The molecular weight excluding hydrogens is 262 g/mol. The van der Waals surface area contributed by atoms with Crippen molar-refractivity contribution in [1.82, 2.24) is 9.55 Å². The second kappa shape index (κ2) is 4.47. The first kappa shape index (κ1) is 12.9. The molecule has 1 aliphatic carbocycles. The van der Waals surface area contributed by atoms with E-state index < -0.39 is 5.60 Å². The van der Waals surface area contributed by atoms with Gasteiger partial charge in [0.15, 0.2) is 0 Å². The molecule has 102 valence electrons. The van der Waals surface area contributed by atoms with Crippen molar-refractivity contribution in [3.05, 3.63) is 29.0 Å². The van der Waals surface area contributed by atoms with Crippen molar-refractivity contribution in [2.24, 2.45) is 5.73 Å². The Morgan fingerprint density at radius 1 is 1.53 bits per heavy atom. The molecule has 1 heterocycles. The highest BCUT2D eigenvalue weighted by Crippen LogP contribution is 2.40. The van der Waals surface area contributed by atoms with E-state index in [0.717, 1.165) is 34.7 Å². The van der Waals surface area contributed by atoms with Crippen LogP contribution in [0.1, 0.15) is 31.6 Å². The van der Waals surface area contributed by atoms with Crippen LogP contribution in [-0.4, -0.2) is 26.8 Å². The van der Waals surface area contributed by atoms with Crippen LogP contribution in [0.5, 0.6) is 0 Å². The summed E-state index contributed by atoms with van der Waals surface area (Å²) in [5, 5.41) is 10.9. The Hall–Kier alpha value is -1.10. The summed E-state index contributed by atoms with van der Waals surface area (Å²) in [6.07, 6.45) is 2.74. The van der Waals surface area contributed by atoms with Crippen LogP contribution in [-0.2, 0) is 6.42 Å². The SMILES string of the molecule is CC(O)(CN)Cc1nc2cccc(Cl)c2n1C1CC1. The Kier molecular flexibility index (Phi) is 3.04. The fourth-order valence-corrected chi connectivity index (χ4v) is 2.68. The normalized spacial score (nSPS) is 18.7. The standard InChI is InChI=1S/C14H18ClN3O/c1-14(19,8-16)7-12-17-11-4-2-3-10(15)13(11)18(12)9-5-6-9/h2-4,9,19H,5-8,16H2,1H3. The minimum Gasteiger partial charge on any atom is -0.388 e. The minimum atomic E-state index is -0.930. The van der Waals surface area contributed by atoms with Crippen LogP contribution in [0.3, 0.4) is 0 Å². The molecule has 0 saturated heterocycles. The summed E-state index contributed by atoms with van der Waals surface area (Å²) >= 11 is 6.30. The van der Waals surface area contributed by atoms with Crippen LogP contribution in [0.15, 0.2) is 18.2 Å². The Labute approximate surface area is 117 Å². The lowest BCUT2D eigenvalue weighted by Crippen LogP contribution is -2.37. The molecular formula is C14H18ClN3O. The molecule has 1 aromatic carbocycles. The number of benzene rings is 1. The third kappa shape index (κ3) is 2.36. The van der Waals surface area contributed by atoms with E-state index >= 15 is 0 Å². The van der Waals surface area contributed by atoms with E-state index in [1.807, 2.05) is 18.2 Å². The summed E-state index contributed by atoms with van der Waals surface area (Å²) in [6.45, 7) is 1.96. The number of fused-ring (bicyclic) bond motifs is 1. The molecule has 1 aliphatic rings. The highest BCUT2D eigenvalue weighted by atomic mass is 35.5. The molecule has 0 spiro atoms. The first-order valence-electron chi connectivity index (χ1n) is 6.59. The van der Waals surface area contributed by atoms with Crippen molar-refractivity contribution in [1.29, 1.82) is 0 Å². The lowest BCUT2D eigenvalue weighted by molar-refractivity contribution is 0.0667. The number of hydrogen-bond acceptors (Lipinski definition) is 3. The summed E-state index contributed by atoms with van der Waals surface area (Å²) in [5.41, 5.74) is 6.55. The Morgan fingerprint density at radius 2 is 2.26 bits per heavy atom. The number of para-hydroxylation sites is 1. The molecule has 1 unspecified atom stereocenters. The van der Waals surface area contributed by atoms with Gasteiger partial charge in [0.25, 0.3) is 0 Å². The number of aliphatic hydroxyl groups is 1. The zero-order valence-corrected chi connectivity index (χ0v) is 11.7. The predicted octanol–water partition coefficient (Wildman–Crippen LogP) is 2.28. The molecule has 2 aromatic rings. The average Bonchev–Trinajstić information content (AvgIpc) is 3.12. The number of aromatic nitrogens is 2. The molecule has 5 heteroatoms. The molecule has 0 amide bonds. The van der Waals surface area contributed by atoms with Gasteiger partial charge in [0.1, 0.15) is 5.82 Å². The highest BCUT2D eigenvalue weighted by molar-refractivity contribution is 6.35. The van der Waals surface area contributed by atoms with E-state index in [4.69, 9.17) is 17.3 Å². The molecule has 1 aromatic heterocycles. The summed E-state index contributed by atoms with van der Waals surface area (Å²) in [6, 6.07) is 6.21. The summed E-state index contributed by atoms with van der Waals surface area (Å²) in [5.74, 6) is 0.876. The van der Waals surface area contributed by atoms with Gasteiger partial charge in [-0.3, -0.25) is 0 Å². The van der Waals surface area contributed by atoms with Crippen LogP contribution in [0, 0.1) is 0 Å². The lowest BCUT2D eigenvalue weighted by atomic mass is 10.0. The number of rotatable bonds is 4. The molecule has 0 bridgehead atoms. The van der Waals surface area contributed by atoms with Crippen LogP contribution in [0.2, 0.25) is 5.02 Å². The smallest absolute Gasteiger partial charge is 0.113 e. The molecule has 1 saturated carbocycles. The molecule has 1 atom stereocenters. The molecule has 0 aliphatic heterocycles. The average molecular weight is 280 g/mol. The van der Waals surface area contributed by atoms with Crippen molar-refractivity contribution in [3.8, 4) is 0 Å². The van der Waals surface area contributed by atoms with E-state index in [1.54, 1.807) is 6.92 Å². The first-order valence-corrected chi connectivity index (χ1v) is 6.97. The largest absolute Gasteiger partial charge is 0.388 e. The predicted molar refractivity (Wildman–Crippen MR) is 76.4 cm³/mol. The van der Waals surface area contributed by atoms with E-state index in [2.05, 4.69) is 9.55 Å². The van der Waals surface area contributed by atoms with Crippen LogP contribution in [0.25, 0.3) is 11.0 Å². The number of imidazole rings is 1. The quantitative estimate of drug-likeness (QED) is 0.902. The van der Waals surface area contributed by atoms with Gasteiger partial charge in [0.2, 0.25) is 0 Å². The lowest BCUT2D eigenvalue weighted by Gasteiger charge is -2.21. The minimum absolute atomic E-state index is 0.217. The third-order valence-corrected chi connectivity index (χ3v) is 3.93. The van der Waals surface area contributed by atoms with Gasteiger partial charge < -0.3 is 15.4 Å². The number of hydrogen-bond donors (Lipinski definition) is 2. The maximum Gasteiger partial charge on any atom is 0.113 e. The first-order chi connectivity index (χ1) is 9.02. The van der Waals surface area contributed by atoms with E-state index in [0.29, 0.717) is 12.5 Å². The monoisotopic (exact) mass is 279 g/mol. The van der Waals surface area contributed by atoms with Crippen LogP contribution in [0.4, 0.5) is 0 Å². The van der Waals surface area contributed by atoms with Crippen molar-refractivity contribution >= 4 is 22.6 Å². The van der Waals surface area contributed by atoms with Gasteiger partial charge in [0, 0.05) is 19.0 Å². The maximum absolute atomic E-state index is 10.2. The van der Waals surface area contributed by atoms with E-state index in [1.165, 1.54) is 0 Å². The Bertz CT molecular complexity index is 616. The van der Waals surface area contributed by atoms with Gasteiger partial charge in [-0.1, -0.05) is 17.7 Å². The van der Waals surface area contributed by atoms with E-state index in [-0.39, 0.29) is 6.54 Å². The molecule has 19 heavy (non-hydrogen) atoms. The topological polar surface area (TPSA) is 64.1 Å². The van der Waals surface area contributed by atoms with E-state index in [9.17, 15) is 5.11 Å². The fourth-order valence-electron chi connectivity index (χ4n) is 2.42. The third-order valence-electron chi connectivity index (χ3n) is 3.62. The fraction of sp³-hybridized carbons (Fsp3) is 0.500. The molecule has 3 rings (SSSR count). The summed E-state index contributed by atoms with van der Waals surface area (Å²) in [7, 11) is 0. The van der Waals surface area contributed by atoms with Crippen molar-refractivity contribution in [3.63, 3.8) is 0 Å². The Balaban J connectivity index is 2.13.